The van der Waals surface area contributed by atoms with Crippen LogP contribution in [0.5, 0.6) is 0 Å². The van der Waals surface area contributed by atoms with Crippen LogP contribution in [0.3, 0.4) is 0 Å². The minimum atomic E-state index is 0.270. The summed E-state index contributed by atoms with van der Waals surface area (Å²) in [5, 5.41) is 0. The molecule has 1 aromatic rings. The van der Waals surface area contributed by atoms with Crippen molar-refractivity contribution < 1.29 is 0 Å². The van der Waals surface area contributed by atoms with Gasteiger partial charge in [0, 0.05) is 29.5 Å². The van der Waals surface area contributed by atoms with Crippen LogP contribution in [-0.2, 0) is 5.41 Å². The van der Waals surface area contributed by atoms with Crippen LogP contribution in [0.4, 0.5) is 5.69 Å². The Morgan fingerprint density at radius 1 is 1.17 bits per heavy atom. The molecule has 0 spiro atoms. The van der Waals surface area contributed by atoms with E-state index in [9.17, 15) is 0 Å². The predicted molar refractivity (Wildman–Crippen MR) is 80.2 cm³/mol. The van der Waals surface area contributed by atoms with Gasteiger partial charge in [-0.1, -0.05) is 12.5 Å². The van der Waals surface area contributed by atoms with Gasteiger partial charge in [-0.05, 0) is 59.3 Å². The van der Waals surface area contributed by atoms with E-state index in [0.717, 1.165) is 6.54 Å². The van der Waals surface area contributed by atoms with E-state index in [4.69, 9.17) is 5.73 Å². The summed E-state index contributed by atoms with van der Waals surface area (Å²) in [6, 6.07) is 6.88. The number of halogens is 1. The van der Waals surface area contributed by atoms with Crippen molar-refractivity contribution in [3.8, 4) is 0 Å². The molecule has 0 bridgehead atoms. The van der Waals surface area contributed by atoms with E-state index in [-0.39, 0.29) is 5.41 Å². The van der Waals surface area contributed by atoms with Crippen LogP contribution < -0.4 is 10.6 Å². The molecule has 1 saturated carbocycles. The van der Waals surface area contributed by atoms with Crippen molar-refractivity contribution in [3.05, 3.63) is 28.2 Å². The van der Waals surface area contributed by atoms with Crippen LogP contribution in [0.25, 0.3) is 0 Å². The summed E-state index contributed by atoms with van der Waals surface area (Å²) < 4.78 is 1.24. The molecule has 1 heterocycles. The van der Waals surface area contributed by atoms with Gasteiger partial charge in [-0.25, -0.2) is 0 Å². The number of anilines is 1. The Morgan fingerprint density at radius 3 is 2.39 bits per heavy atom. The highest BCUT2D eigenvalue weighted by Gasteiger charge is 2.37. The van der Waals surface area contributed by atoms with E-state index in [1.54, 1.807) is 0 Å². The first kappa shape index (κ1) is 12.5. The molecule has 3 rings (SSSR count). The molecular weight excluding hydrogens is 288 g/mol. The number of hydrogen-bond acceptors (Lipinski definition) is 2. The zero-order chi connectivity index (χ0) is 12.6. The molecule has 0 radical (unpaired) electrons. The molecule has 0 amide bonds. The first-order valence-corrected chi connectivity index (χ1v) is 7.79. The lowest BCUT2D eigenvalue weighted by Crippen LogP contribution is -2.41. The van der Waals surface area contributed by atoms with Crippen molar-refractivity contribution in [3.63, 3.8) is 0 Å². The van der Waals surface area contributed by atoms with Crippen LogP contribution in [0.2, 0.25) is 0 Å². The molecule has 3 heteroatoms. The third-order valence-corrected chi connectivity index (χ3v) is 5.34. The number of rotatable bonds is 3. The highest BCUT2D eigenvalue weighted by molar-refractivity contribution is 9.10. The molecule has 98 valence electrons. The first-order chi connectivity index (χ1) is 8.75. The summed E-state index contributed by atoms with van der Waals surface area (Å²) in [6.45, 7) is 3.17. The van der Waals surface area contributed by atoms with E-state index < -0.39 is 0 Å². The molecule has 1 aliphatic carbocycles. The zero-order valence-electron chi connectivity index (χ0n) is 10.8. The van der Waals surface area contributed by atoms with Crippen LogP contribution in [0.15, 0.2) is 22.7 Å². The van der Waals surface area contributed by atoms with E-state index in [0.29, 0.717) is 0 Å². The molecule has 0 aromatic heterocycles. The summed E-state index contributed by atoms with van der Waals surface area (Å²) in [5.74, 6) is 0. The van der Waals surface area contributed by atoms with Crippen molar-refractivity contribution in [2.75, 3.05) is 24.5 Å². The van der Waals surface area contributed by atoms with E-state index in [2.05, 4.69) is 39.0 Å². The second kappa shape index (κ2) is 4.86. The summed E-state index contributed by atoms with van der Waals surface area (Å²) in [7, 11) is 0. The highest BCUT2D eigenvalue weighted by atomic mass is 79.9. The van der Waals surface area contributed by atoms with Gasteiger partial charge in [0.05, 0.1) is 5.69 Å². The maximum atomic E-state index is 5.99. The van der Waals surface area contributed by atoms with Gasteiger partial charge >= 0.3 is 0 Å². The zero-order valence-corrected chi connectivity index (χ0v) is 12.4. The van der Waals surface area contributed by atoms with E-state index in [1.807, 2.05) is 0 Å². The van der Waals surface area contributed by atoms with Gasteiger partial charge in [0.2, 0.25) is 0 Å². The van der Waals surface area contributed by atoms with Gasteiger partial charge < -0.3 is 10.6 Å². The minimum Gasteiger partial charge on any atom is -0.371 e. The third-order valence-electron chi connectivity index (χ3n) is 4.71. The highest BCUT2D eigenvalue weighted by Crippen LogP contribution is 2.44. The summed E-state index contributed by atoms with van der Waals surface area (Å²) in [6.07, 6.45) is 6.46. The molecule has 2 fully saturated rings. The number of nitrogens with two attached hydrogens (primary N) is 1. The first-order valence-electron chi connectivity index (χ1n) is 7.00. The molecule has 1 saturated heterocycles. The molecule has 1 aliphatic heterocycles. The lowest BCUT2D eigenvalue weighted by molar-refractivity contribution is 0.253. The Kier molecular flexibility index (Phi) is 3.37. The SMILES string of the molecule is NCC1(c2ccc(N3CCCC3)c(Br)c2)CCC1. The van der Waals surface area contributed by atoms with Gasteiger partial charge in [-0.2, -0.15) is 0 Å². The van der Waals surface area contributed by atoms with Crippen molar-refractivity contribution in [1.29, 1.82) is 0 Å². The second-order valence-electron chi connectivity index (χ2n) is 5.70. The fraction of sp³-hybridized carbons (Fsp3) is 0.600. The maximum absolute atomic E-state index is 5.99. The molecule has 0 atom stereocenters. The average Bonchev–Trinajstić information content (AvgIpc) is 2.82. The lowest BCUT2D eigenvalue weighted by Gasteiger charge is -2.42. The molecule has 1 aromatic carbocycles. The van der Waals surface area contributed by atoms with Crippen molar-refractivity contribution in [2.45, 2.75) is 37.5 Å². The predicted octanol–water partition coefficient (Wildman–Crippen LogP) is 3.43. The fourth-order valence-electron chi connectivity index (χ4n) is 3.27. The molecule has 18 heavy (non-hydrogen) atoms. The molecule has 2 nitrogen and oxygen atoms in total. The minimum absolute atomic E-state index is 0.270. The quantitative estimate of drug-likeness (QED) is 0.927. The van der Waals surface area contributed by atoms with Crippen LogP contribution in [-0.4, -0.2) is 19.6 Å². The van der Waals surface area contributed by atoms with Crippen LogP contribution in [0, 0.1) is 0 Å². The summed E-state index contributed by atoms with van der Waals surface area (Å²) in [5.41, 5.74) is 9.03. The van der Waals surface area contributed by atoms with Crippen LogP contribution in [0.1, 0.15) is 37.7 Å². The Morgan fingerprint density at radius 2 is 1.89 bits per heavy atom. The second-order valence-corrected chi connectivity index (χ2v) is 6.55. The van der Waals surface area contributed by atoms with Crippen molar-refractivity contribution in [2.24, 2.45) is 5.73 Å². The van der Waals surface area contributed by atoms with Gasteiger partial charge in [-0.3, -0.25) is 0 Å². The number of benzene rings is 1. The summed E-state index contributed by atoms with van der Waals surface area (Å²) >= 11 is 3.75. The fourth-order valence-corrected chi connectivity index (χ4v) is 3.90. The molecule has 0 unspecified atom stereocenters. The van der Waals surface area contributed by atoms with Gasteiger partial charge in [0.1, 0.15) is 0 Å². The Balaban J connectivity index is 1.88. The summed E-state index contributed by atoms with van der Waals surface area (Å²) in [4.78, 5) is 2.48. The Labute approximate surface area is 118 Å². The number of nitrogens with zero attached hydrogens (tertiary/aromatic N) is 1. The largest absolute Gasteiger partial charge is 0.371 e. The van der Waals surface area contributed by atoms with Gasteiger partial charge in [-0.15, -0.1) is 0 Å². The molecule has 2 N–H and O–H groups in total. The smallest absolute Gasteiger partial charge is 0.0510 e. The van der Waals surface area contributed by atoms with Crippen LogP contribution >= 0.6 is 15.9 Å². The standard InChI is InChI=1S/C15H21BrN2/c16-13-10-12(15(11-17)6-3-7-15)4-5-14(13)18-8-1-2-9-18/h4-5,10H,1-3,6-9,11,17H2. The maximum Gasteiger partial charge on any atom is 0.0510 e. The normalized spacial score (nSPS) is 22.0. The average molecular weight is 309 g/mol. The third kappa shape index (κ3) is 1.97. The van der Waals surface area contributed by atoms with Gasteiger partial charge in [0.25, 0.3) is 0 Å². The van der Waals surface area contributed by atoms with E-state index in [1.165, 1.54) is 60.9 Å². The van der Waals surface area contributed by atoms with E-state index >= 15 is 0 Å². The van der Waals surface area contributed by atoms with Gasteiger partial charge in [0.15, 0.2) is 0 Å². The van der Waals surface area contributed by atoms with Crippen molar-refractivity contribution >= 4 is 21.6 Å². The molecule has 2 aliphatic rings. The lowest BCUT2D eigenvalue weighted by atomic mass is 9.64. The Bertz CT molecular complexity index is 429. The monoisotopic (exact) mass is 308 g/mol. The molecular formula is C15H21BrN2. The Hall–Kier alpha value is -0.540. The number of hydrogen-bond donors (Lipinski definition) is 1. The van der Waals surface area contributed by atoms with Crippen molar-refractivity contribution in [1.82, 2.24) is 0 Å². The topological polar surface area (TPSA) is 29.3 Å².